The Labute approximate surface area is 108 Å². The van der Waals surface area contributed by atoms with Crippen molar-refractivity contribution in [2.24, 2.45) is 0 Å². The van der Waals surface area contributed by atoms with Gasteiger partial charge in [0.25, 0.3) is 0 Å². The van der Waals surface area contributed by atoms with Crippen LogP contribution in [-0.2, 0) is 19.1 Å². The lowest BCUT2D eigenvalue weighted by Gasteiger charge is -2.29. The van der Waals surface area contributed by atoms with Gasteiger partial charge in [-0.15, -0.1) is 0 Å². The fourth-order valence-electron chi connectivity index (χ4n) is 1.29. The van der Waals surface area contributed by atoms with Crippen LogP contribution in [0.25, 0.3) is 0 Å². The van der Waals surface area contributed by atoms with Crippen LogP contribution in [0.4, 0.5) is 0 Å². The predicted octanol–water partition coefficient (Wildman–Crippen LogP) is 0.810. The van der Waals surface area contributed by atoms with Crippen LogP contribution in [0, 0.1) is 0 Å². The minimum atomic E-state index is -1.53. The topological polar surface area (TPSA) is 72.8 Å². The summed E-state index contributed by atoms with van der Waals surface area (Å²) in [5.41, 5.74) is -2.51. The number of cyclic esters (lactones) is 1. The minimum Gasteiger partial charge on any atom is -0.458 e. The zero-order chi connectivity index (χ0) is 12.6. The lowest BCUT2D eigenvalue weighted by atomic mass is 9.98. The van der Waals surface area contributed by atoms with Gasteiger partial charge in [-0.05, 0) is 20.8 Å². The third-order valence-corrected chi connectivity index (χ3v) is 4.17. The molecule has 3 unspecified atom stereocenters. The summed E-state index contributed by atoms with van der Waals surface area (Å²) < 4.78 is 10.3. The van der Waals surface area contributed by atoms with Gasteiger partial charge in [-0.1, -0.05) is 22.6 Å². The molecule has 0 saturated carbocycles. The maximum absolute atomic E-state index is 11.7. The van der Waals surface area contributed by atoms with E-state index in [1.165, 1.54) is 6.92 Å². The van der Waals surface area contributed by atoms with Crippen LogP contribution < -0.4 is 0 Å². The second kappa shape index (κ2) is 4.48. The molecule has 92 valence electrons. The second-order valence-corrected chi connectivity index (χ2v) is 5.18. The Morgan fingerprint density at radius 3 is 2.75 bits per heavy atom. The van der Waals surface area contributed by atoms with Crippen LogP contribution in [-0.4, -0.2) is 38.8 Å². The van der Waals surface area contributed by atoms with E-state index in [1.807, 2.05) is 22.6 Å². The van der Waals surface area contributed by atoms with Crippen LogP contribution >= 0.6 is 22.6 Å². The number of hydrogen-bond donors (Lipinski definition) is 1. The Bertz CT molecular complexity index is 314. The molecule has 1 rings (SSSR count). The van der Waals surface area contributed by atoms with Crippen molar-refractivity contribution in [3.8, 4) is 0 Å². The summed E-state index contributed by atoms with van der Waals surface area (Å²) >= 11 is 1.90. The lowest BCUT2D eigenvalue weighted by Crippen LogP contribution is -2.46. The van der Waals surface area contributed by atoms with Gasteiger partial charge in [-0.25, -0.2) is 4.79 Å². The van der Waals surface area contributed by atoms with E-state index >= 15 is 0 Å². The van der Waals surface area contributed by atoms with Crippen molar-refractivity contribution in [1.29, 1.82) is 0 Å². The highest BCUT2D eigenvalue weighted by Gasteiger charge is 2.48. The number of rotatable bonds is 3. The highest BCUT2D eigenvalue weighted by atomic mass is 127. The first-order chi connectivity index (χ1) is 7.21. The summed E-state index contributed by atoms with van der Waals surface area (Å²) in [5.74, 6) is -1.12. The first-order valence-corrected chi connectivity index (χ1v) is 6.45. The van der Waals surface area contributed by atoms with Crippen LogP contribution in [0.1, 0.15) is 27.2 Å². The molecule has 1 aliphatic heterocycles. The summed E-state index contributed by atoms with van der Waals surface area (Å²) in [5, 5.41) is 9.71. The van der Waals surface area contributed by atoms with Crippen molar-refractivity contribution in [2.45, 2.75) is 44.5 Å². The van der Waals surface area contributed by atoms with Gasteiger partial charge in [0.05, 0.1) is 6.42 Å². The van der Waals surface area contributed by atoms with E-state index in [0.717, 1.165) is 0 Å². The number of alkyl halides is 1. The molecule has 16 heavy (non-hydrogen) atoms. The number of aliphatic hydroxyl groups is 1. The molecule has 5 nitrogen and oxygen atoms in total. The normalized spacial score (nSPS) is 33.1. The van der Waals surface area contributed by atoms with Gasteiger partial charge in [0.2, 0.25) is 0 Å². The number of carbonyl (C=O) groups is 2. The molecule has 0 bridgehead atoms. The average Bonchev–Trinajstić information content (AvgIpc) is 2.40. The lowest BCUT2D eigenvalue weighted by molar-refractivity contribution is -0.180. The summed E-state index contributed by atoms with van der Waals surface area (Å²) in [4.78, 5) is 22.8. The molecule has 1 fully saturated rings. The Balaban J connectivity index is 2.74. The quantitative estimate of drug-likeness (QED) is 0.467. The third-order valence-electron chi connectivity index (χ3n) is 2.69. The van der Waals surface area contributed by atoms with Crippen LogP contribution in [0.2, 0.25) is 0 Å². The number of ether oxygens (including phenoxy) is 2. The fourth-order valence-corrected chi connectivity index (χ4v) is 1.60. The second-order valence-electron chi connectivity index (χ2n) is 4.42. The van der Waals surface area contributed by atoms with Gasteiger partial charge in [0.1, 0.15) is 6.10 Å². The third kappa shape index (κ3) is 2.65. The molecule has 0 spiro atoms. The smallest absolute Gasteiger partial charge is 0.339 e. The van der Waals surface area contributed by atoms with Crippen molar-refractivity contribution in [3.05, 3.63) is 0 Å². The van der Waals surface area contributed by atoms with E-state index < -0.39 is 29.2 Å². The minimum absolute atomic E-state index is 0.0250. The standard InChI is InChI=1S/C10H15IO5/c1-6-10(3,4-7(12)15-6)16-8(13)9(2,14)5-11/h6,14H,4-5H2,1-3H3. The maximum Gasteiger partial charge on any atom is 0.339 e. The molecule has 0 aromatic heterocycles. The Hall–Kier alpha value is -0.370. The molecular weight excluding hydrogens is 327 g/mol. The number of hydrogen-bond acceptors (Lipinski definition) is 5. The van der Waals surface area contributed by atoms with E-state index in [9.17, 15) is 14.7 Å². The van der Waals surface area contributed by atoms with Crippen molar-refractivity contribution in [3.63, 3.8) is 0 Å². The van der Waals surface area contributed by atoms with Crippen LogP contribution in [0.15, 0.2) is 0 Å². The molecule has 1 saturated heterocycles. The number of halogens is 1. The monoisotopic (exact) mass is 342 g/mol. The summed E-state index contributed by atoms with van der Waals surface area (Å²) in [6.45, 7) is 4.67. The maximum atomic E-state index is 11.7. The van der Waals surface area contributed by atoms with E-state index in [1.54, 1.807) is 13.8 Å². The highest BCUT2D eigenvalue weighted by Crippen LogP contribution is 2.31. The molecular formula is C10H15IO5. The van der Waals surface area contributed by atoms with Crippen molar-refractivity contribution < 1.29 is 24.2 Å². The van der Waals surface area contributed by atoms with Gasteiger partial charge in [-0.3, -0.25) is 4.79 Å². The molecule has 1 N–H and O–H groups in total. The van der Waals surface area contributed by atoms with Crippen molar-refractivity contribution in [1.82, 2.24) is 0 Å². The molecule has 0 aromatic rings. The zero-order valence-corrected chi connectivity index (χ0v) is 11.6. The predicted molar refractivity (Wildman–Crippen MR) is 64.2 cm³/mol. The van der Waals surface area contributed by atoms with Gasteiger partial charge >= 0.3 is 11.9 Å². The van der Waals surface area contributed by atoms with Gasteiger partial charge in [0.15, 0.2) is 11.2 Å². The molecule has 0 amide bonds. The highest BCUT2D eigenvalue weighted by molar-refractivity contribution is 14.1. The van der Waals surface area contributed by atoms with Gasteiger partial charge in [-0.2, -0.15) is 0 Å². The number of carbonyl (C=O) groups excluding carboxylic acids is 2. The summed E-state index contributed by atoms with van der Waals surface area (Å²) in [7, 11) is 0. The molecule has 1 aliphatic rings. The molecule has 0 aromatic carbocycles. The molecule has 0 radical (unpaired) electrons. The number of esters is 2. The molecule has 6 heteroatoms. The van der Waals surface area contributed by atoms with Crippen molar-refractivity contribution in [2.75, 3.05) is 4.43 Å². The average molecular weight is 342 g/mol. The first-order valence-electron chi connectivity index (χ1n) is 4.92. The van der Waals surface area contributed by atoms with E-state index in [-0.39, 0.29) is 10.8 Å². The van der Waals surface area contributed by atoms with Crippen LogP contribution in [0.5, 0.6) is 0 Å². The Morgan fingerprint density at radius 2 is 2.38 bits per heavy atom. The SMILES string of the molecule is CC1OC(=O)CC1(C)OC(=O)C(C)(O)CI. The molecule has 0 aliphatic carbocycles. The van der Waals surface area contributed by atoms with E-state index in [2.05, 4.69) is 0 Å². The van der Waals surface area contributed by atoms with Gasteiger partial charge < -0.3 is 14.6 Å². The fraction of sp³-hybridized carbons (Fsp3) is 0.800. The summed E-state index contributed by atoms with van der Waals surface area (Å²) in [6.07, 6.45) is -0.467. The van der Waals surface area contributed by atoms with Gasteiger partial charge in [0, 0.05) is 4.43 Å². The van der Waals surface area contributed by atoms with E-state index in [4.69, 9.17) is 9.47 Å². The zero-order valence-electron chi connectivity index (χ0n) is 9.45. The van der Waals surface area contributed by atoms with Crippen LogP contribution in [0.3, 0.4) is 0 Å². The summed E-state index contributed by atoms with van der Waals surface area (Å²) in [6, 6.07) is 0. The first kappa shape index (κ1) is 13.7. The Kier molecular flexibility index (Phi) is 3.83. The molecule has 3 atom stereocenters. The van der Waals surface area contributed by atoms with E-state index in [0.29, 0.717) is 0 Å². The largest absolute Gasteiger partial charge is 0.458 e. The Morgan fingerprint density at radius 1 is 1.81 bits per heavy atom. The van der Waals surface area contributed by atoms with Crippen molar-refractivity contribution >= 4 is 34.5 Å². The molecule has 1 heterocycles.